The molecule has 0 spiro atoms. The number of hydrogen-bond acceptors (Lipinski definition) is 4. The zero-order valence-corrected chi connectivity index (χ0v) is 10.3. The van der Waals surface area contributed by atoms with E-state index in [2.05, 4.69) is 0 Å². The minimum Gasteiger partial charge on any atom is -0.493 e. The van der Waals surface area contributed by atoms with Crippen LogP contribution in [-0.2, 0) is 4.74 Å². The van der Waals surface area contributed by atoms with Gasteiger partial charge in [-0.05, 0) is 25.1 Å². The highest BCUT2D eigenvalue weighted by Crippen LogP contribution is 2.28. The average molecular weight is 238 g/mol. The Balaban J connectivity index is 2.88. The fourth-order valence-corrected chi connectivity index (χ4v) is 1.42. The average Bonchev–Trinajstić information content (AvgIpc) is 2.29. The van der Waals surface area contributed by atoms with E-state index in [0.717, 1.165) is 0 Å². The molecule has 5 heteroatoms. The van der Waals surface area contributed by atoms with E-state index in [9.17, 15) is 0 Å². The van der Waals surface area contributed by atoms with E-state index in [4.69, 9.17) is 25.4 Å². The summed E-state index contributed by atoms with van der Waals surface area (Å²) in [6, 6.07) is 5.14. The lowest BCUT2D eigenvalue weighted by molar-refractivity contribution is 0.0900. The van der Waals surface area contributed by atoms with Gasteiger partial charge in [0, 0.05) is 12.7 Å². The number of hydrogen-bond donors (Lipinski definition) is 2. The minimum atomic E-state index is -0.0721. The molecule has 0 fully saturated rings. The lowest BCUT2D eigenvalue weighted by Crippen LogP contribution is -2.18. The zero-order valence-electron chi connectivity index (χ0n) is 10.3. The van der Waals surface area contributed by atoms with Crippen LogP contribution in [0.4, 0.5) is 0 Å². The summed E-state index contributed by atoms with van der Waals surface area (Å²) < 4.78 is 15.8. The Kier molecular flexibility index (Phi) is 4.78. The molecule has 1 rings (SSSR count). The van der Waals surface area contributed by atoms with Gasteiger partial charge in [-0.15, -0.1) is 0 Å². The first-order chi connectivity index (χ1) is 8.08. The number of ether oxygens (including phenoxy) is 3. The SMILES string of the molecule is COCC(C)Oc1ccc(C(=N)N)cc1OC. The molecule has 0 saturated carbocycles. The number of nitrogens with one attached hydrogen (secondary N) is 1. The number of amidine groups is 1. The van der Waals surface area contributed by atoms with Gasteiger partial charge in [-0.25, -0.2) is 0 Å². The molecule has 0 aliphatic rings. The Hall–Kier alpha value is -1.75. The van der Waals surface area contributed by atoms with Crippen LogP contribution in [0.25, 0.3) is 0 Å². The second kappa shape index (κ2) is 6.10. The second-order valence-electron chi connectivity index (χ2n) is 3.66. The van der Waals surface area contributed by atoms with Gasteiger partial charge in [-0.2, -0.15) is 0 Å². The van der Waals surface area contributed by atoms with Gasteiger partial charge >= 0.3 is 0 Å². The quantitative estimate of drug-likeness (QED) is 0.580. The molecule has 17 heavy (non-hydrogen) atoms. The molecular formula is C12H18N2O3. The molecule has 0 aromatic heterocycles. The van der Waals surface area contributed by atoms with Crippen molar-refractivity contribution in [1.29, 1.82) is 5.41 Å². The Morgan fingerprint density at radius 1 is 1.35 bits per heavy atom. The highest BCUT2D eigenvalue weighted by molar-refractivity contribution is 5.95. The molecule has 1 atom stereocenters. The van der Waals surface area contributed by atoms with Gasteiger partial charge in [0.1, 0.15) is 11.9 Å². The molecule has 5 nitrogen and oxygen atoms in total. The molecule has 0 amide bonds. The van der Waals surface area contributed by atoms with Crippen LogP contribution in [-0.4, -0.2) is 32.8 Å². The standard InChI is InChI=1S/C12H18N2O3/c1-8(7-15-2)17-10-5-4-9(12(13)14)6-11(10)16-3/h4-6,8H,7H2,1-3H3,(H3,13,14). The van der Waals surface area contributed by atoms with E-state index in [0.29, 0.717) is 23.7 Å². The van der Waals surface area contributed by atoms with Crippen LogP contribution in [0.5, 0.6) is 11.5 Å². The maximum atomic E-state index is 7.35. The monoisotopic (exact) mass is 238 g/mol. The van der Waals surface area contributed by atoms with Crippen LogP contribution < -0.4 is 15.2 Å². The summed E-state index contributed by atoms with van der Waals surface area (Å²) in [6.07, 6.45) is -0.0721. The normalized spacial score (nSPS) is 11.9. The summed E-state index contributed by atoms with van der Waals surface area (Å²) in [5.41, 5.74) is 6.01. The van der Waals surface area contributed by atoms with E-state index in [-0.39, 0.29) is 11.9 Å². The van der Waals surface area contributed by atoms with Gasteiger partial charge in [0.15, 0.2) is 11.5 Å². The lowest BCUT2D eigenvalue weighted by atomic mass is 10.2. The van der Waals surface area contributed by atoms with Gasteiger partial charge in [-0.1, -0.05) is 0 Å². The molecule has 1 unspecified atom stereocenters. The second-order valence-corrected chi connectivity index (χ2v) is 3.66. The van der Waals surface area contributed by atoms with Crippen molar-refractivity contribution in [2.75, 3.05) is 20.8 Å². The molecule has 94 valence electrons. The van der Waals surface area contributed by atoms with Crippen molar-refractivity contribution in [3.05, 3.63) is 23.8 Å². The first kappa shape index (κ1) is 13.3. The Labute approximate surface area is 101 Å². The van der Waals surface area contributed by atoms with Crippen LogP contribution in [0, 0.1) is 5.41 Å². The van der Waals surface area contributed by atoms with Crippen LogP contribution in [0.3, 0.4) is 0 Å². The summed E-state index contributed by atoms with van der Waals surface area (Å²) in [5.74, 6) is 1.17. The van der Waals surface area contributed by atoms with Gasteiger partial charge in [0.2, 0.25) is 0 Å². The predicted molar refractivity (Wildman–Crippen MR) is 66.0 cm³/mol. The van der Waals surface area contributed by atoms with Gasteiger partial charge in [0.25, 0.3) is 0 Å². The van der Waals surface area contributed by atoms with Crippen molar-refractivity contribution in [2.45, 2.75) is 13.0 Å². The summed E-state index contributed by atoms with van der Waals surface area (Å²) >= 11 is 0. The third-order valence-corrected chi connectivity index (χ3v) is 2.20. The number of nitrogens with two attached hydrogens (primary N) is 1. The zero-order chi connectivity index (χ0) is 12.8. The molecule has 0 aliphatic carbocycles. The third-order valence-electron chi connectivity index (χ3n) is 2.20. The molecule has 0 heterocycles. The fraction of sp³-hybridized carbons (Fsp3) is 0.417. The summed E-state index contributed by atoms with van der Waals surface area (Å²) in [4.78, 5) is 0. The lowest BCUT2D eigenvalue weighted by Gasteiger charge is -2.16. The maximum absolute atomic E-state index is 7.35. The van der Waals surface area contributed by atoms with Gasteiger partial charge in [-0.3, -0.25) is 5.41 Å². The predicted octanol–water partition coefficient (Wildman–Crippen LogP) is 1.39. The Morgan fingerprint density at radius 2 is 2.06 bits per heavy atom. The van der Waals surface area contributed by atoms with E-state index >= 15 is 0 Å². The van der Waals surface area contributed by atoms with Gasteiger partial charge < -0.3 is 19.9 Å². The first-order valence-electron chi connectivity index (χ1n) is 5.26. The van der Waals surface area contributed by atoms with Crippen molar-refractivity contribution in [2.24, 2.45) is 5.73 Å². The minimum absolute atomic E-state index is 0.000194. The van der Waals surface area contributed by atoms with Crippen molar-refractivity contribution >= 4 is 5.84 Å². The number of benzene rings is 1. The highest BCUT2D eigenvalue weighted by Gasteiger charge is 2.10. The Morgan fingerprint density at radius 3 is 2.59 bits per heavy atom. The number of rotatable bonds is 6. The van der Waals surface area contributed by atoms with Crippen molar-refractivity contribution in [3.63, 3.8) is 0 Å². The van der Waals surface area contributed by atoms with E-state index in [1.54, 1.807) is 32.4 Å². The van der Waals surface area contributed by atoms with Crippen LogP contribution in [0.2, 0.25) is 0 Å². The van der Waals surface area contributed by atoms with Crippen LogP contribution >= 0.6 is 0 Å². The van der Waals surface area contributed by atoms with E-state index in [1.807, 2.05) is 6.92 Å². The third kappa shape index (κ3) is 3.64. The van der Waals surface area contributed by atoms with Crippen LogP contribution in [0.1, 0.15) is 12.5 Å². The fourth-order valence-electron chi connectivity index (χ4n) is 1.42. The molecule has 1 aromatic rings. The smallest absolute Gasteiger partial charge is 0.161 e. The molecule has 0 bridgehead atoms. The molecule has 0 aliphatic heterocycles. The number of nitrogen functional groups attached to an aromatic ring is 1. The first-order valence-corrected chi connectivity index (χ1v) is 5.26. The molecule has 1 aromatic carbocycles. The van der Waals surface area contributed by atoms with Crippen LogP contribution in [0.15, 0.2) is 18.2 Å². The summed E-state index contributed by atoms with van der Waals surface area (Å²) in [6.45, 7) is 2.40. The molecule has 0 saturated heterocycles. The summed E-state index contributed by atoms with van der Waals surface area (Å²) in [7, 11) is 3.17. The summed E-state index contributed by atoms with van der Waals surface area (Å²) in [5, 5.41) is 7.35. The van der Waals surface area contributed by atoms with Gasteiger partial charge in [0.05, 0.1) is 13.7 Å². The number of methoxy groups -OCH3 is 2. The van der Waals surface area contributed by atoms with E-state index in [1.165, 1.54) is 0 Å². The largest absolute Gasteiger partial charge is 0.493 e. The van der Waals surface area contributed by atoms with Crippen molar-refractivity contribution < 1.29 is 14.2 Å². The topological polar surface area (TPSA) is 77.6 Å². The van der Waals surface area contributed by atoms with Crippen molar-refractivity contribution in [3.8, 4) is 11.5 Å². The van der Waals surface area contributed by atoms with E-state index < -0.39 is 0 Å². The molecule has 0 radical (unpaired) electrons. The maximum Gasteiger partial charge on any atom is 0.161 e. The molecular weight excluding hydrogens is 220 g/mol. The highest BCUT2D eigenvalue weighted by atomic mass is 16.5. The molecule has 3 N–H and O–H groups in total. The van der Waals surface area contributed by atoms with Crippen molar-refractivity contribution in [1.82, 2.24) is 0 Å². The Bertz CT molecular complexity index is 393.